The molecule has 2 heterocycles. The van der Waals surface area contributed by atoms with Crippen molar-refractivity contribution in [2.24, 2.45) is 18.9 Å². The number of amides is 1. The molecule has 3 atom stereocenters. The Morgan fingerprint density at radius 2 is 1.81 bits per heavy atom. The van der Waals surface area contributed by atoms with Crippen molar-refractivity contribution >= 4 is 15.9 Å². The van der Waals surface area contributed by atoms with Gasteiger partial charge in [-0.1, -0.05) is 26.7 Å². The zero-order valence-corrected chi connectivity index (χ0v) is 17.6. The Morgan fingerprint density at radius 1 is 1.07 bits per heavy atom. The van der Waals surface area contributed by atoms with E-state index in [1.54, 1.807) is 22.1 Å². The fourth-order valence-electron chi connectivity index (χ4n) is 4.31. The van der Waals surface area contributed by atoms with Crippen molar-refractivity contribution < 1.29 is 13.2 Å². The average Bonchev–Trinajstić information content (AvgIpc) is 2.90. The summed E-state index contributed by atoms with van der Waals surface area (Å²) in [6, 6.07) is 1.71. The molecule has 152 valence electrons. The first kappa shape index (κ1) is 20.4. The van der Waals surface area contributed by atoms with Crippen LogP contribution in [-0.2, 0) is 17.1 Å². The van der Waals surface area contributed by atoms with Crippen molar-refractivity contribution in [1.82, 2.24) is 14.2 Å². The van der Waals surface area contributed by atoms with Gasteiger partial charge in [0.15, 0.2) is 0 Å². The molecule has 27 heavy (non-hydrogen) atoms. The number of sulfonamides is 1. The van der Waals surface area contributed by atoms with Crippen LogP contribution in [-0.4, -0.2) is 42.3 Å². The predicted octanol–water partition coefficient (Wildman–Crippen LogP) is 3.14. The van der Waals surface area contributed by atoms with Gasteiger partial charge in [-0.2, -0.15) is 4.31 Å². The number of rotatable bonds is 4. The molecule has 1 aromatic rings. The maximum absolute atomic E-state index is 13.0. The second-order valence-electron chi connectivity index (χ2n) is 8.57. The molecule has 0 bridgehead atoms. The Bertz CT molecular complexity index is 771. The van der Waals surface area contributed by atoms with Crippen LogP contribution in [0.2, 0.25) is 0 Å². The van der Waals surface area contributed by atoms with Crippen molar-refractivity contribution in [3.05, 3.63) is 18.0 Å². The SMILES string of the molecule is CC1CCCC(NC(=O)c2cc(S(=O)(=O)N3CCCC(C)C3)cn2C)CC1. The van der Waals surface area contributed by atoms with E-state index in [2.05, 4.69) is 19.2 Å². The molecule has 3 unspecified atom stereocenters. The summed E-state index contributed by atoms with van der Waals surface area (Å²) in [6.45, 7) is 5.46. The van der Waals surface area contributed by atoms with E-state index < -0.39 is 10.0 Å². The largest absolute Gasteiger partial charge is 0.348 e. The van der Waals surface area contributed by atoms with Gasteiger partial charge in [0.2, 0.25) is 10.0 Å². The Morgan fingerprint density at radius 3 is 2.56 bits per heavy atom. The lowest BCUT2D eigenvalue weighted by Gasteiger charge is -2.29. The number of hydrogen-bond acceptors (Lipinski definition) is 3. The molecular weight excluding hydrogens is 362 g/mol. The van der Waals surface area contributed by atoms with Gasteiger partial charge in [0.05, 0.1) is 0 Å². The van der Waals surface area contributed by atoms with Crippen molar-refractivity contribution in [3.8, 4) is 0 Å². The monoisotopic (exact) mass is 395 g/mol. The molecule has 2 aliphatic rings. The third-order valence-corrected chi connectivity index (χ3v) is 7.89. The van der Waals surface area contributed by atoms with Crippen LogP contribution in [0, 0.1) is 11.8 Å². The highest BCUT2D eigenvalue weighted by Crippen LogP contribution is 2.26. The van der Waals surface area contributed by atoms with Crippen molar-refractivity contribution in [1.29, 1.82) is 0 Å². The molecule has 0 aromatic carbocycles. The molecule has 7 heteroatoms. The number of nitrogens with one attached hydrogen (secondary N) is 1. The molecule has 1 N–H and O–H groups in total. The summed E-state index contributed by atoms with van der Waals surface area (Å²) >= 11 is 0. The highest BCUT2D eigenvalue weighted by atomic mass is 32.2. The fraction of sp³-hybridized carbons (Fsp3) is 0.750. The van der Waals surface area contributed by atoms with Crippen LogP contribution in [0.15, 0.2) is 17.2 Å². The molecule has 2 fully saturated rings. The minimum atomic E-state index is -3.54. The standard InChI is InChI=1S/C20H33N3O3S/c1-15-6-4-8-17(10-9-15)21-20(24)19-12-18(14-22(19)3)27(25,26)23-11-5-7-16(2)13-23/h12,14-17H,4-11,13H2,1-3H3,(H,21,24). The minimum Gasteiger partial charge on any atom is -0.348 e. The molecule has 0 radical (unpaired) electrons. The van der Waals surface area contributed by atoms with Gasteiger partial charge in [-0.05, 0) is 50.0 Å². The van der Waals surface area contributed by atoms with Crippen LogP contribution in [0.25, 0.3) is 0 Å². The highest BCUT2D eigenvalue weighted by molar-refractivity contribution is 7.89. The first-order chi connectivity index (χ1) is 12.8. The molecular formula is C20H33N3O3S. The van der Waals surface area contributed by atoms with Gasteiger partial charge in [-0.25, -0.2) is 8.42 Å². The number of carbonyl (C=O) groups is 1. The van der Waals surface area contributed by atoms with Gasteiger partial charge < -0.3 is 9.88 Å². The van der Waals surface area contributed by atoms with Crippen molar-refractivity contribution in [3.63, 3.8) is 0 Å². The highest BCUT2D eigenvalue weighted by Gasteiger charge is 2.31. The summed E-state index contributed by atoms with van der Waals surface area (Å²) in [5.74, 6) is 0.911. The molecule has 1 saturated heterocycles. The summed E-state index contributed by atoms with van der Waals surface area (Å²) in [5.41, 5.74) is 0.413. The smallest absolute Gasteiger partial charge is 0.268 e. The predicted molar refractivity (Wildman–Crippen MR) is 106 cm³/mol. The summed E-state index contributed by atoms with van der Waals surface area (Å²) in [5, 5.41) is 3.12. The fourth-order valence-corrected chi connectivity index (χ4v) is 5.98. The van der Waals surface area contributed by atoms with E-state index in [4.69, 9.17) is 0 Å². The summed E-state index contributed by atoms with van der Waals surface area (Å²) < 4.78 is 29.1. The van der Waals surface area contributed by atoms with Crippen LogP contribution in [0.4, 0.5) is 0 Å². The van der Waals surface area contributed by atoms with Gasteiger partial charge in [0, 0.05) is 32.4 Å². The summed E-state index contributed by atoms with van der Waals surface area (Å²) in [4.78, 5) is 13.0. The number of nitrogens with zero attached hydrogens (tertiary/aromatic N) is 2. The van der Waals surface area contributed by atoms with Gasteiger partial charge in [-0.3, -0.25) is 4.79 Å². The maximum atomic E-state index is 13.0. The van der Waals surface area contributed by atoms with E-state index in [-0.39, 0.29) is 16.8 Å². The Labute approximate surface area is 163 Å². The normalized spacial score (nSPS) is 27.9. The van der Waals surface area contributed by atoms with Gasteiger partial charge in [-0.15, -0.1) is 0 Å². The molecule has 1 aliphatic heterocycles. The quantitative estimate of drug-likeness (QED) is 0.796. The van der Waals surface area contributed by atoms with E-state index in [0.29, 0.717) is 30.6 Å². The number of hydrogen-bond donors (Lipinski definition) is 1. The Balaban J connectivity index is 1.72. The van der Waals surface area contributed by atoms with E-state index in [1.165, 1.54) is 12.5 Å². The topological polar surface area (TPSA) is 71.4 Å². The minimum absolute atomic E-state index is 0.175. The number of carbonyl (C=O) groups excluding carboxylic acids is 1. The first-order valence-electron chi connectivity index (χ1n) is 10.2. The van der Waals surface area contributed by atoms with Crippen molar-refractivity contribution in [2.75, 3.05) is 13.1 Å². The van der Waals surface area contributed by atoms with E-state index in [1.807, 2.05) is 0 Å². The molecule has 1 saturated carbocycles. The molecule has 6 nitrogen and oxygen atoms in total. The van der Waals surface area contributed by atoms with Crippen LogP contribution in [0.3, 0.4) is 0 Å². The lowest BCUT2D eigenvalue weighted by molar-refractivity contribution is 0.0925. The number of aryl methyl sites for hydroxylation is 1. The molecule has 1 amide bonds. The second kappa shape index (κ2) is 8.35. The average molecular weight is 396 g/mol. The van der Waals surface area contributed by atoms with Gasteiger partial charge in [0.1, 0.15) is 10.6 Å². The maximum Gasteiger partial charge on any atom is 0.268 e. The lowest BCUT2D eigenvalue weighted by Crippen LogP contribution is -2.38. The zero-order valence-electron chi connectivity index (χ0n) is 16.8. The summed E-state index contributed by atoms with van der Waals surface area (Å²) in [6.07, 6.45) is 8.99. The number of piperidine rings is 1. The molecule has 1 aliphatic carbocycles. The first-order valence-corrected chi connectivity index (χ1v) is 11.7. The number of aromatic nitrogens is 1. The van der Waals surface area contributed by atoms with Crippen LogP contribution < -0.4 is 5.32 Å². The van der Waals surface area contributed by atoms with Gasteiger partial charge in [0.25, 0.3) is 5.91 Å². The summed E-state index contributed by atoms with van der Waals surface area (Å²) in [7, 11) is -1.81. The Kier molecular flexibility index (Phi) is 6.31. The van der Waals surface area contributed by atoms with Crippen LogP contribution in [0.1, 0.15) is 69.3 Å². The Hall–Kier alpha value is -1.34. The molecule has 3 rings (SSSR count). The van der Waals surface area contributed by atoms with Crippen LogP contribution in [0.5, 0.6) is 0 Å². The zero-order chi connectivity index (χ0) is 19.6. The van der Waals surface area contributed by atoms with Crippen molar-refractivity contribution in [2.45, 2.75) is 69.7 Å². The molecule has 0 spiro atoms. The third-order valence-electron chi connectivity index (χ3n) is 6.06. The van der Waals surface area contributed by atoms with E-state index in [0.717, 1.165) is 38.5 Å². The second-order valence-corrected chi connectivity index (χ2v) is 10.5. The van der Waals surface area contributed by atoms with Crippen LogP contribution >= 0.6 is 0 Å². The van der Waals surface area contributed by atoms with E-state index >= 15 is 0 Å². The van der Waals surface area contributed by atoms with Gasteiger partial charge >= 0.3 is 0 Å². The van der Waals surface area contributed by atoms with E-state index in [9.17, 15) is 13.2 Å². The molecule has 1 aromatic heterocycles. The third kappa shape index (κ3) is 4.74. The lowest BCUT2D eigenvalue weighted by atomic mass is 10.0.